The highest BCUT2D eigenvalue weighted by atomic mass is 16.6. The maximum atomic E-state index is 11.5. The summed E-state index contributed by atoms with van der Waals surface area (Å²) in [6, 6.07) is 10.4. The van der Waals surface area contributed by atoms with Crippen LogP contribution in [0, 0.1) is 10.1 Å². The molecule has 0 unspecified atom stereocenters. The lowest BCUT2D eigenvalue weighted by molar-refractivity contribution is -0.384. The Bertz CT molecular complexity index is 721. The number of benzene rings is 2. The molecule has 21 heavy (non-hydrogen) atoms. The highest BCUT2D eigenvalue weighted by molar-refractivity contribution is 6.03. The third-order valence-electron chi connectivity index (χ3n) is 3.06. The number of Topliss-reactive ketones (excluding diaryl/α,β-unsaturated/α-hetero) is 1. The molecule has 0 bridgehead atoms. The number of primary amides is 1. The Hall–Kier alpha value is -3.02. The van der Waals surface area contributed by atoms with E-state index in [2.05, 4.69) is 0 Å². The van der Waals surface area contributed by atoms with Gasteiger partial charge in [-0.25, -0.2) is 0 Å². The molecule has 2 aromatic carbocycles. The molecule has 6 nitrogen and oxygen atoms in total. The maximum Gasteiger partial charge on any atom is 0.277 e. The van der Waals surface area contributed by atoms with Crippen LogP contribution in [0.1, 0.15) is 27.6 Å². The van der Waals surface area contributed by atoms with Crippen molar-refractivity contribution in [2.24, 2.45) is 5.73 Å². The molecule has 0 aliphatic carbocycles. The van der Waals surface area contributed by atoms with Gasteiger partial charge < -0.3 is 5.73 Å². The van der Waals surface area contributed by atoms with Crippen LogP contribution in [0.4, 0.5) is 5.69 Å². The lowest BCUT2D eigenvalue weighted by Crippen LogP contribution is -2.13. The molecule has 0 heterocycles. The van der Waals surface area contributed by atoms with E-state index < -0.39 is 10.8 Å². The molecular weight excluding hydrogens is 272 g/mol. The second-order valence-corrected chi connectivity index (χ2v) is 4.46. The number of hydrogen-bond acceptors (Lipinski definition) is 4. The smallest absolute Gasteiger partial charge is 0.277 e. The van der Waals surface area contributed by atoms with Gasteiger partial charge in [-0.1, -0.05) is 24.3 Å². The van der Waals surface area contributed by atoms with Crippen molar-refractivity contribution in [1.29, 1.82) is 0 Å². The lowest BCUT2D eigenvalue weighted by Gasteiger charge is -2.08. The monoisotopic (exact) mass is 284 g/mol. The zero-order chi connectivity index (χ0) is 15.6. The maximum absolute atomic E-state index is 11.5. The zero-order valence-electron chi connectivity index (χ0n) is 11.2. The Kier molecular flexibility index (Phi) is 3.80. The van der Waals surface area contributed by atoms with Gasteiger partial charge in [0, 0.05) is 11.6 Å². The van der Waals surface area contributed by atoms with Crippen molar-refractivity contribution in [3.63, 3.8) is 0 Å². The first-order chi connectivity index (χ1) is 9.91. The van der Waals surface area contributed by atoms with Crippen LogP contribution in [-0.4, -0.2) is 16.6 Å². The molecule has 2 rings (SSSR count). The molecule has 0 aromatic heterocycles. The minimum atomic E-state index is -0.762. The third-order valence-corrected chi connectivity index (χ3v) is 3.06. The molecule has 2 N–H and O–H groups in total. The van der Waals surface area contributed by atoms with Crippen molar-refractivity contribution in [3.05, 3.63) is 63.7 Å². The normalized spacial score (nSPS) is 10.1. The summed E-state index contributed by atoms with van der Waals surface area (Å²) >= 11 is 0. The van der Waals surface area contributed by atoms with Gasteiger partial charge in [0.2, 0.25) is 5.91 Å². The Balaban J connectivity index is 2.77. The number of hydrogen-bond donors (Lipinski definition) is 1. The van der Waals surface area contributed by atoms with Gasteiger partial charge in [0.15, 0.2) is 5.78 Å². The standard InChI is InChI=1S/C15H12N2O4/c1-9(18)10-4-2-5-11(8-10)14-12(15(16)19)6-3-7-13(14)17(20)21/h2-8H,1H3,(H2,16,19). The number of amides is 1. The van der Waals surface area contributed by atoms with Gasteiger partial charge in [-0.05, 0) is 24.6 Å². The average Bonchev–Trinajstić information content (AvgIpc) is 2.46. The van der Waals surface area contributed by atoms with Crippen molar-refractivity contribution < 1.29 is 14.5 Å². The fraction of sp³-hybridized carbons (Fsp3) is 0.0667. The van der Waals surface area contributed by atoms with E-state index in [4.69, 9.17) is 5.73 Å². The first kappa shape index (κ1) is 14.4. The van der Waals surface area contributed by atoms with Crippen LogP contribution in [0.3, 0.4) is 0 Å². The molecule has 2 aromatic rings. The number of nitrogens with two attached hydrogens (primary N) is 1. The summed E-state index contributed by atoms with van der Waals surface area (Å²) in [5.41, 5.74) is 6.04. The minimum absolute atomic E-state index is 0.0462. The van der Waals surface area contributed by atoms with Crippen LogP contribution >= 0.6 is 0 Å². The van der Waals surface area contributed by atoms with Gasteiger partial charge in [0.05, 0.1) is 16.1 Å². The fourth-order valence-electron chi connectivity index (χ4n) is 2.09. The number of carbonyl (C=O) groups is 2. The van der Waals surface area contributed by atoms with Crippen LogP contribution in [-0.2, 0) is 0 Å². The number of rotatable bonds is 4. The predicted molar refractivity (Wildman–Crippen MR) is 77.1 cm³/mol. The molecule has 6 heteroatoms. The van der Waals surface area contributed by atoms with Gasteiger partial charge >= 0.3 is 0 Å². The van der Waals surface area contributed by atoms with E-state index >= 15 is 0 Å². The molecule has 0 spiro atoms. The van der Waals surface area contributed by atoms with Crippen LogP contribution in [0.5, 0.6) is 0 Å². The van der Waals surface area contributed by atoms with E-state index in [1.54, 1.807) is 18.2 Å². The number of carbonyl (C=O) groups excluding carboxylic acids is 2. The van der Waals surface area contributed by atoms with Crippen molar-refractivity contribution in [2.75, 3.05) is 0 Å². The summed E-state index contributed by atoms with van der Waals surface area (Å²) < 4.78 is 0. The van der Waals surface area contributed by atoms with Crippen molar-refractivity contribution in [1.82, 2.24) is 0 Å². The van der Waals surface area contributed by atoms with E-state index in [9.17, 15) is 19.7 Å². The van der Waals surface area contributed by atoms with Crippen LogP contribution in [0.15, 0.2) is 42.5 Å². The van der Waals surface area contributed by atoms with E-state index in [1.165, 1.54) is 31.2 Å². The highest BCUT2D eigenvalue weighted by Crippen LogP contribution is 2.33. The van der Waals surface area contributed by atoms with Crippen LogP contribution in [0.2, 0.25) is 0 Å². The van der Waals surface area contributed by atoms with Crippen molar-refractivity contribution in [2.45, 2.75) is 6.92 Å². The molecular formula is C15H12N2O4. The van der Waals surface area contributed by atoms with E-state index in [0.29, 0.717) is 11.1 Å². The Morgan fingerprint density at radius 1 is 1.14 bits per heavy atom. The van der Waals surface area contributed by atoms with E-state index in [0.717, 1.165) is 0 Å². The highest BCUT2D eigenvalue weighted by Gasteiger charge is 2.22. The zero-order valence-corrected chi connectivity index (χ0v) is 11.2. The average molecular weight is 284 g/mol. The summed E-state index contributed by atoms with van der Waals surface area (Å²) in [6.45, 7) is 1.40. The molecule has 0 aliphatic heterocycles. The fourth-order valence-corrected chi connectivity index (χ4v) is 2.09. The first-order valence-corrected chi connectivity index (χ1v) is 6.10. The molecule has 0 saturated carbocycles. The number of nitro benzene ring substituents is 1. The molecule has 0 saturated heterocycles. The first-order valence-electron chi connectivity index (χ1n) is 6.10. The summed E-state index contributed by atoms with van der Waals surface area (Å²) in [6.07, 6.45) is 0. The Labute approximate surface area is 120 Å². The van der Waals surface area contributed by atoms with Gasteiger partial charge in [-0.2, -0.15) is 0 Å². The molecule has 106 valence electrons. The number of nitro groups is 1. The number of nitrogens with zero attached hydrogens (tertiary/aromatic N) is 1. The number of ketones is 1. The Morgan fingerprint density at radius 3 is 2.38 bits per heavy atom. The summed E-state index contributed by atoms with van der Waals surface area (Å²) in [7, 11) is 0. The SMILES string of the molecule is CC(=O)c1cccc(-c2c(C(N)=O)cccc2[N+](=O)[O-])c1. The Morgan fingerprint density at radius 2 is 1.81 bits per heavy atom. The van der Waals surface area contributed by atoms with Gasteiger partial charge in [-0.3, -0.25) is 19.7 Å². The molecule has 0 fully saturated rings. The van der Waals surface area contributed by atoms with Gasteiger partial charge in [0.25, 0.3) is 5.69 Å². The minimum Gasteiger partial charge on any atom is -0.366 e. The van der Waals surface area contributed by atoms with Gasteiger partial charge in [-0.15, -0.1) is 0 Å². The predicted octanol–water partition coefficient (Wildman–Crippen LogP) is 2.56. The van der Waals surface area contributed by atoms with Crippen LogP contribution in [0.25, 0.3) is 11.1 Å². The third kappa shape index (κ3) is 2.79. The van der Waals surface area contributed by atoms with E-state index in [1.807, 2.05) is 0 Å². The quantitative estimate of drug-likeness (QED) is 0.529. The second-order valence-electron chi connectivity index (χ2n) is 4.46. The topological polar surface area (TPSA) is 103 Å². The molecule has 1 amide bonds. The lowest BCUT2D eigenvalue weighted by atomic mass is 9.95. The molecule has 0 radical (unpaired) electrons. The van der Waals surface area contributed by atoms with Gasteiger partial charge in [0.1, 0.15) is 0 Å². The molecule has 0 aliphatic rings. The van der Waals surface area contributed by atoms with Crippen LogP contribution < -0.4 is 5.73 Å². The largest absolute Gasteiger partial charge is 0.366 e. The van der Waals surface area contributed by atoms with E-state index in [-0.39, 0.29) is 22.6 Å². The van der Waals surface area contributed by atoms with Crippen molar-refractivity contribution >= 4 is 17.4 Å². The van der Waals surface area contributed by atoms with Crippen molar-refractivity contribution in [3.8, 4) is 11.1 Å². The second kappa shape index (κ2) is 5.54. The summed E-state index contributed by atoms with van der Waals surface area (Å²) in [4.78, 5) is 33.6. The summed E-state index contributed by atoms with van der Waals surface area (Å²) in [5, 5.41) is 11.2. The summed E-state index contributed by atoms with van der Waals surface area (Å²) in [5.74, 6) is -0.932. The molecule has 0 atom stereocenters.